The topological polar surface area (TPSA) is 65.7 Å². The van der Waals surface area contributed by atoms with Crippen molar-refractivity contribution >= 4 is 29.9 Å². The third-order valence-corrected chi connectivity index (χ3v) is 5.86. The normalized spacial score (nSPS) is 21.4. The molecule has 2 N–H and O–H groups in total. The monoisotopic (exact) mass is 477 g/mol. The summed E-state index contributed by atoms with van der Waals surface area (Å²) < 4.78 is 2.22. The molecule has 2 atom stereocenters. The molecule has 0 spiro atoms. The van der Waals surface area contributed by atoms with Gasteiger partial charge < -0.3 is 19.9 Å². The van der Waals surface area contributed by atoms with Gasteiger partial charge in [0.2, 0.25) is 0 Å². The molecule has 26 heavy (non-hydrogen) atoms. The van der Waals surface area contributed by atoms with E-state index in [0.717, 1.165) is 44.9 Å². The second-order valence-electron chi connectivity index (χ2n) is 7.32. The molecule has 2 heterocycles. The lowest BCUT2D eigenvalue weighted by Gasteiger charge is -2.39. The van der Waals surface area contributed by atoms with E-state index in [1.165, 1.54) is 0 Å². The number of nitrogens with zero attached hydrogens (tertiary/aromatic N) is 4. The van der Waals surface area contributed by atoms with Crippen LogP contribution in [0.25, 0.3) is 0 Å². The molecular weight excluding hydrogens is 441 g/mol. The van der Waals surface area contributed by atoms with E-state index in [1.807, 2.05) is 12.5 Å². The van der Waals surface area contributed by atoms with Crippen molar-refractivity contribution in [3.8, 4) is 0 Å². The molecule has 0 aromatic carbocycles. The van der Waals surface area contributed by atoms with Crippen molar-refractivity contribution in [3.05, 3.63) is 18.7 Å². The zero-order chi connectivity index (χ0) is 18.3. The van der Waals surface area contributed by atoms with Crippen LogP contribution < -0.4 is 5.32 Å². The molecular formula is C19H36IN5O. The van der Waals surface area contributed by atoms with E-state index in [0.29, 0.717) is 18.5 Å². The Kier molecular flexibility index (Phi) is 9.92. The van der Waals surface area contributed by atoms with E-state index in [-0.39, 0.29) is 36.0 Å². The first kappa shape index (κ1) is 23.2. The molecule has 1 saturated heterocycles. The highest BCUT2D eigenvalue weighted by atomic mass is 127. The number of imidazole rings is 1. The number of nitrogens with one attached hydrogen (secondary N) is 1. The van der Waals surface area contributed by atoms with Gasteiger partial charge in [0, 0.05) is 37.4 Å². The van der Waals surface area contributed by atoms with Crippen molar-refractivity contribution in [2.24, 2.45) is 16.3 Å². The summed E-state index contributed by atoms with van der Waals surface area (Å²) in [6.45, 7) is 12.4. The van der Waals surface area contributed by atoms with Crippen LogP contribution in [0.2, 0.25) is 0 Å². The maximum absolute atomic E-state index is 9.82. The van der Waals surface area contributed by atoms with Crippen molar-refractivity contribution in [3.63, 3.8) is 0 Å². The molecule has 0 saturated carbocycles. The maximum Gasteiger partial charge on any atom is 0.194 e. The van der Waals surface area contributed by atoms with Gasteiger partial charge in [-0.2, -0.15) is 0 Å². The third kappa shape index (κ3) is 5.58. The number of guanidine groups is 1. The van der Waals surface area contributed by atoms with Crippen LogP contribution in [0, 0.1) is 11.3 Å². The summed E-state index contributed by atoms with van der Waals surface area (Å²) >= 11 is 0. The van der Waals surface area contributed by atoms with Gasteiger partial charge in [-0.25, -0.2) is 4.98 Å². The van der Waals surface area contributed by atoms with Crippen LogP contribution >= 0.6 is 24.0 Å². The lowest BCUT2D eigenvalue weighted by atomic mass is 9.83. The Morgan fingerprint density at radius 1 is 1.35 bits per heavy atom. The Balaban J connectivity index is 0.00000338. The Bertz CT molecular complexity index is 522. The van der Waals surface area contributed by atoms with Crippen LogP contribution in [-0.2, 0) is 0 Å². The van der Waals surface area contributed by atoms with Gasteiger partial charge in [0.25, 0.3) is 0 Å². The Labute approximate surface area is 175 Å². The van der Waals surface area contributed by atoms with Crippen LogP contribution in [0.1, 0.15) is 53.0 Å². The summed E-state index contributed by atoms with van der Waals surface area (Å²) in [4.78, 5) is 11.5. The number of hydrogen-bond donors (Lipinski definition) is 2. The standard InChI is InChI=1S/C19H35N5O.HI/c1-5-19(6-2,14-25)13-22-18(21-7-3)23-10-8-16(4)17(12-23)24-11-9-20-15-24;/h9,11,15-17,25H,5-8,10,12-14H2,1-4H3,(H,21,22);1H. The minimum atomic E-state index is -0.104. The molecule has 0 aliphatic carbocycles. The molecule has 1 fully saturated rings. The zero-order valence-corrected chi connectivity index (χ0v) is 19.0. The Morgan fingerprint density at radius 3 is 2.62 bits per heavy atom. The second-order valence-corrected chi connectivity index (χ2v) is 7.32. The number of piperidine rings is 1. The molecule has 1 aromatic rings. The van der Waals surface area contributed by atoms with Crippen LogP contribution in [0.3, 0.4) is 0 Å². The predicted octanol–water partition coefficient (Wildman–Crippen LogP) is 3.15. The summed E-state index contributed by atoms with van der Waals surface area (Å²) in [6, 6.07) is 0.417. The van der Waals surface area contributed by atoms with Crippen LogP contribution in [0.15, 0.2) is 23.7 Å². The van der Waals surface area contributed by atoms with Crippen molar-refractivity contribution in [1.82, 2.24) is 19.8 Å². The Hall–Kier alpha value is -0.830. The van der Waals surface area contributed by atoms with E-state index < -0.39 is 0 Å². The lowest BCUT2D eigenvalue weighted by molar-refractivity contribution is 0.122. The van der Waals surface area contributed by atoms with Crippen molar-refractivity contribution in [1.29, 1.82) is 0 Å². The van der Waals surface area contributed by atoms with Gasteiger partial charge in [-0.15, -0.1) is 24.0 Å². The van der Waals surface area contributed by atoms with E-state index in [4.69, 9.17) is 4.99 Å². The van der Waals surface area contributed by atoms with E-state index in [2.05, 4.69) is 53.7 Å². The van der Waals surface area contributed by atoms with Crippen LogP contribution in [0.5, 0.6) is 0 Å². The van der Waals surface area contributed by atoms with E-state index in [9.17, 15) is 5.11 Å². The molecule has 2 rings (SSSR count). The number of likely N-dealkylation sites (tertiary alicyclic amines) is 1. The quantitative estimate of drug-likeness (QED) is 0.360. The highest BCUT2D eigenvalue weighted by Crippen LogP contribution is 2.29. The highest BCUT2D eigenvalue weighted by Gasteiger charge is 2.30. The molecule has 7 heteroatoms. The van der Waals surface area contributed by atoms with E-state index >= 15 is 0 Å². The lowest BCUT2D eigenvalue weighted by Crippen LogP contribution is -2.49. The number of halogens is 1. The predicted molar refractivity (Wildman–Crippen MR) is 118 cm³/mol. The van der Waals surface area contributed by atoms with Crippen molar-refractivity contribution in [2.75, 3.05) is 32.8 Å². The summed E-state index contributed by atoms with van der Waals surface area (Å²) in [5.74, 6) is 1.59. The number of aliphatic hydroxyl groups is 1. The van der Waals surface area contributed by atoms with Gasteiger partial charge in [0.05, 0.1) is 25.5 Å². The number of aliphatic hydroxyl groups excluding tert-OH is 1. The molecule has 150 valence electrons. The smallest absolute Gasteiger partial charge is 0.194 e. The highest BCUT2D eigenvalue weighted by molar-refractivity contribution is 14.0. The SMILES string of the molecule is CCNC(=NCC(CC)(CC)CO)N1CCC(C)C(n2ccnc2)C1.I. The van der Waals surface area contributed by atoms with Gasteiger partial charge in [-0.3, -0.25) is 4.99 Å². The molecule has 6 nitrogen and oxygen atoms in total. The molecule has 0 radical (unpaired) electrons. The summed E-state index contributed by atoms with van der Waals surface area (Å²) in [7, 11) is 0. The van der Waals surface area contributed by atoms with Gasteiger partial charge in [-0.1, -0.05) is 20.8 Å². The fourth-order valence-corrected chi connectivity index (χ4v) is 3.51. The first-order chi connectivity index (χ1) is 12.1. The minimum Gasteiger partial charge on any atom is -0.396 e. The molecule has 1 aliphatic heterocycles. The van der Waals surface area contributed by atoms with Crippen LogP contribution in [0.4, 0.5) is 0 Å². The van der Waals surface area contributed by atoms with E-state index in [1.54, 1.807) is 0 Å². The van der Waals surface area contributed by atoms with Gasteiger partial charge >= 0.3 is 0 Å². The number of hydrogen-bond acceptors (Lipinski definition) is 3. The molecule has 1 aromatic heterocycles. The minimum absolute atomic E-state index is 0. The largest absolute Gasteiger partial charge is 0.396 e. The maximum atomic E-state index is 9.82. The average molecular weight is 477 g/mol. The van der Waals surface area contributed by atoms with Gasteiger partial charge in [0.15, 0.2) is 5.96 Å². The average Bonchev–Trinajstić information content (AvgIpc) is 3.17. The number of aromatic nitrogens is 2. The van der Waals surface area contributed by atoms with Crippen molar-refractivity contribution < 1.29 is 5.11 Å². The summed E-state index contributed by atoms with van der Waals surface area (Å²) in [5, 5.41) is 13.3. The zero-order valence-electron chi connectivity index (χ0n) is 16.7. The number of aliphatic imine (C=N–C) groups is 1. The first-order valence-corrected chi connectivity index (χ1v) is 9.70. The molecule has 0 amide bonds. The first-order valence-electron chi connectivity index (χ1n) is 9.70. The molecule has 1 aliphatic rings. The van der Waals surface area contributed by atoms with Crippen LogP contribution in [-0.4, -0.2) is 58.3 Å². The second kappa shape index (κ2) is 11.1. The molecule has 0 bridgehead atoms. The summed E-state index contributed by atoms with van der Waals surface area (Å²) in [6.07, 6.45) is 8.84. The fraction of sp³-hybridized carbons (Fsp3) is 0.789. The third-order valence-electron chi connectivity index (χ3n) is 5.86. The van der Waals surface area contributed by atoms with Gasteiger partial charge in [0.1, 0.15) is 0 Å². The molecule has 2 unspecified atom stereocenters. The van der Waals surface area contributed by atoms with Crippen molar-refractivity contribution in [2.45, 2.75) is 53.0 Å². The summed E-state index contributed by atoms with van der Waals surface area (Å²) in [5.41, 5.74) is -0.104. The Morgan fingerprint density at radius 2 is 2.08 bits per heavy atom. The van der Waals surface area contributed by atoms with Gasteiger partial charge in [-0.05, 0) is 32.1 Å². The fourth-order valence-electron chi connectivity index (χ4n) is 3.51. The number of rotatable bonds is 7.